The summed E-state index contributed by atoms with van der Waals surface area (Å²) in [6.45, 7) is 1.89. The number of carbonyl (C=O) groups excluding carboxylic acids is 1. The highest BCUT2D eigenvalue weighted by Crippen LogP contribution is 2.22. The normalized spacial score (nSPS) is 13.5. The Morgan fingerprint density at radius 3 is 2.19 bits per heavy atom. The highest BCUT2D eigenvalue weighted by atomic mass is 19.1. The number of likely N-dealkylation sites (N-methyl/N-ethyl adjacent to an activating group) is 1. The molecule has 2 aromatic carbocycles. The van der Waals surface area contributed by atoms with E-state index in [4.69, 9.17) is 5.73 Å². The van der Waals surface area contributed by atoms with Crippen molar-refractivity contribution in [2.24, 2.45) is 5.73 Å². The first kappa shape index (κ1) is 15.2. The molecule has 0 radical (unpaired) electrons. The molecule has 0 aliphatic rings. The fourth-order valence-electron chi connectivity index (χ4n) is 2.18. The van der Waals surface area contributed by atoms with E-state index >= 15 is 0 Å². The van der Waals surface area contributed by atoms with E-state index in [1.54, 1.807) is 24.1 Å². The predicted molar refractivity (Wildman–Crippen MR) is 81.0 cm³/mol. The molecule has 0 aromatic heterocycles. The van der Waals surface area contributed by atoms with Crippen LogP contribution in [0, 0.1) is 5.82 Å². The molecule has 0 aliphatic carbocycles. The zero-order valence-electron chi connectivity index (χ0n) is 12.2. The third-order valence-electron chi connectivity index (χ3n) is 3.71. The van der Waals surface area contributed by atoms with E-state index in [9.17, 15) is 9.18 Å². The van der Waals surface area contributed by atoms with Gasteiger partial charge in [0.2, 0.25) is 5.91 Å². The van der Waals surface area contributed by atoms with E-state index in [0.717, 1.165) is 11.1 Å². The minimum atomic E-state index is -0.695. The second-order valence-electron chi connectivity index (χ2n) is 5.07. The van der Waals surface area contributed by atoms with Crippen LogP contribution in [0.25, 0.3) is 0 Å². The Labute approximate surface area is 124 Å². The van der Waals surface area contributed by atoms with Gasteiger partial charge in [0.15, 0.2) is 0 Å². The number of benzene rings is 2. The monoisotopic (exact) mass is 286 g/mol. The smallest absolute Gasteiger partial charge is 0.244 e. The Hall–Kier alpha value is -2.20. The summed E-state index contributed by atoms with van der Waals surface area (Å²) in [5.41, 5.74) is 7.67. The Kier molecular flexibility index (Phi) is 4.70. The van der Waals surface area contributed by atoms with Crippen LogP contribution in [0.5, 0.6) is 0 Å². The van der Waals surface area contributed by atoms with Gasteiger partial charge in [0.1, 0.15) is 11.9 Å². The fourth-order valence-corrected chi connectivity index (χ4v) is 2.18. The largest absolute Gasteiger partial charge is 0.337 e. The van der Waals surface area contributed by atoms with Gasteiger partial charge >= 0.3 is 0 Å². The van der Waals surface area contributed by atoms with E-state index in [1.165, 1.54) is 12.1 Å². The van der Waals surface area contributed by atoms with Crippen molar-refractivity contribution in [3.8, 4) is 0 Å². The van der Waals surface area contributed by atoms with E-state index < -0.39 is 6.04 Å². The molecule has 2 atom stereocenters. The SMILES string of the molecule is CC(c1ccc(F)cc1)N(C)C(=O)[C@H](N)c1ccccc1. The summed E-state index contributed by atoms with van der Waals surface area (Å²) in [7, 11) is 1.71. The zero-order chi connectivity index (χ0) is 15.4. The molecule has 21 heavy (non-hydrogen) atoms. The number of hydrogen-bond donors (Lipinski definition) is 1. The molecule has 2 N–H and O–H groups in total. The van der Waals surface area contributed by atoms with Crippen LogP contribution in [-0.4, -0.2) is 17.9 Å². The lowest BCUT2D eigenvalue weighted by Gasteiger charge is -2.28. The zero-order valence-corrected chi connectivity index (χ0v) is 12.2. The maximum absolute atomic E-state index is 13.0. The van der Waals surface area contributed by atoms with Crippen LogP contribution in [0.1, 0.15) is 30.1 Å². The first-order valence-corrected chi connectivity index (χ1v) is 6.83. The summed E-state index contributed by atoms with van der Waals surface area (Å²) in [4.78, 5) is 14.0. The van der Waals surface area contributed by atoms with E-state index in [1.807, 2.05) is 37.3 Å². The molecular formula is C17H19FN2O. The van der Waals surface area contributed by atoms with Crippen molar-refractivity contribution in [1.29, 1.82) is 0 Å². The summed E-state index contributed by atoms with van der Waals surface area (Å²) in [6, 6.07) is 14.5. The van der Waals surface area contributed by atoms with Gasteiger partial charge < -0.3 is 10.6 Å². The van der Waals surface area contributed by atoms with Gasteiger partial charge in [-0.15, -0.1) is 0 Å². The van der Waals surface area contributed by atoms with Gasteiger partial charge in [0, 0.05) is 7.05 Å². The molecule has 4 heteroatoms. The van der Waals surface area contributed by atoms with Gasteiger partial charge in [-0.05, 0) is 30.2 Å². The van der Waals surface area contributed by atoms with Crippen LogP contribution >= 0.6 is 0 Å². The lowest BCUT2D eigenvalue weighted by atomic mass is 10.0. The van der Waals surface area contributed by atoms with Crippen LogP contribution in [-0.2, 0) is 4.79 Å². The predicted octanol–water partition coefficient (Wildman–Crippen LogP) is 3.05. The second-order valence-corrected chi connectivity index (χ2v) is 5.07. The molecule has 2 rings (SSSR count). The molecule has 0 saturated carbocycles. The molecule has 0 aliphatic heterocycles. The number of rotatable bonds is 4. The molecule has 0 fully saturated rings. The van der Waals surface area contributed by atoms with E-state index in [2.05, 4.69) is 0 Å². The summed E-state index contributed by atoms with van der Waals surface area (Å²) >= 11 is 0. The van der Waals surface area contributed by atoms with Crippen molar-refractivity contribution >= 4 is 5.91 Å². The van der Waals surface area contributed by atoms with Crippen molar-refractivity contribution < 1.29 is 9.18 Å². The minimum absolute atomic E-state index is 0.168. The number of halogens is 1. The number of hydrogen-bond acceptors (Lipinski definition) is 2. The van der Waals surface area contributed by atoms with Crippen molar-refractivity contribution in [2.75, 3.05) is 7.05 Å². The third kappa shape index (κ3) is 3.47. The number of carbonyl (C=O) groups is 1. The fraction of sp³-hybridized carbons (Fsp3) is 0.235. The average Bonchev–Trinajstić information content (AvgIpc) is 2.53. The summed E-state index contributed by atoms with van der Waals surface area (Å²) < 4.78 is 13.0. The van der Waals surface area contributed by atoms with Gasteiger partial charge in [-0.3, -0.25) is 4.79 Å². The molecule has 110 valence electrons. The highest BCUT2D eigenvalue weighted by Gasteiger charge is 2.24. The maximum atomic E-state index is 13.0. The standard InChI is InChI=1S/C17H19FN2O/c1-12(13-8-10-15(18)11-9-13)20(2)17(21)16(19)14-6-4-3-5-7-14/h3-12,16H,19H2,1-2H3/t12?,16-/m1/s1. The van der Waals surface area contributed by atoms with Crippen molar-refractivity contribution in [2.45, 2.75) is 19.0 Å². The van der Waals surface area contributed by atoms with Gasteiger partial charge in [-0.25, -0.2) is 4.39 Å². The number of nitrogens with zero attached hydrogens (tertiary/aromatic N) is 1. The molecule has 1 amide bonds. The molecule has 2 aromatic rings. The van der Waals surface area contributed by atoms with Gasteiger partial charge in [-0.1, -0.05) is 42.5 Å². The molecule has 0 spiro atoms. The average molecular weight is 286 g/mol. The van der Waals surface area contributed by atoms with Crippen LogP contribution in [0.15, 0.2) is 54.6 Å². The molecule has 1 unspecified atom stereocenters. The molecule has 0 heterocycles. The van der Waals surface area contributed by atoms with Crippen molar-refractivity contribution in [3.05, 3.63) is 71.5 Å². The second kappa shape index (κ2) is 6.50. The Bertz CT molecular complexity index is 598. The van der Waals surface area contributed by atoms with Crippen molar-refractivity contribution in [1.82, 2.24) is 4.90 Å². The van der Waals surface area contributed by atoms with E-state index in [0.29, 0.717) is 0 Å². The maximum Gasteiger partial charge on any atom is 0.244 e. The molecule has 0 bridgehead atoms. The topological polar surface area (TPSA) is 46.3 Å². The van der Waals surface area contributed by atoms with Crippen LogP contribution in [0.4, 0.5) is 4.39 Å². The number of nitrogens with two attached hydrogens (primary N) is 1. The van der Waals surface area contributed by atoms with Gasteiger partial charge in [0.25, 0.3) is 0 Å². The Morgan fingerprint density at radius 2 is 1.62 bits per heavy atom. The summed E-state index contributed by atoms with van der Waals surface area (Å²) in [5, 5.41) is 0. The summed E-state index contributed by atoms with van der Waals surface area (Å²) in [6.07, 6.45) is 0. The molecular weight excluding hydrogens is 267 g/mol. The first-order valence-electron chi connectivity index (χ1n) is 6.83. The van der Waals surface area contributed by atoms with Gasteiger partial charge in [0.05, 0.1) is 6.04 Å². The lowest BCUT2D eigenvalue weighted by molar-refractivity contribution is -0.133. The Balaban J connectivity index is 2.13. The molecule has 0 saturated heterocycles. The Morgan fingerprint density at radius 1 is 1.05 bits per heavy atom. The third-order valence-corrected chi connectivity index (χ3v) is 3.71. The van der Waals surface area contributed by atoms with Crippen LogP contribution in [0.2, 0.25) is 0 Å². The first-order chi connectivity index (χ1) is 10.0. The lowest BCUT2D eigenvalue weighted by Crippen LogP contribution is -2.37. The quantitative estimate of drug-likeness (QED) is 0.939. The highest BCUT2D eigenvalue weighted by molar-refractivity contribution is 5.83. The minimum Gasteiger partial charge on any atom is -0.337 e. The van der Waals surface area contributed by atoms with E-state index in [-0.39, 0.29) is 17.8 Å². The molecule has 3 nitrogen and oxygen atoms in total. The van der Waals surface area contributed by atoms with Crippen LogP contribution in [0.3, 0.4) is 0 Å². The van der Waals surface area contributed by atoms with Crippen molar-refractivity contribution in [3.63, 3.8) is 0 Å². The van der Waals surface area contributed by atoms with Gasteiger partial charge in [-0.2, -0.15) is 0 Å². The number of amides is 1. The summed E-state index contributed by atoms with van der Waals surface area (Å²) in [5.74, 6) is -0.459. The van der Waals surface area contributed by atoms with Crippen LogP contribution < -0.4 is 5.73 Å².